The monoisotopic (exact) mass is 745 g/mol. The maximum absolute atomic E-state index is 5.80. The predicted molar refractivity (Wildman–Crippen MR) is 238 cm³/mol. The minimum Gasteiger partial charge on any atom is -0.277 e. The Morgan fingerprint density at radius 3 is 1.93 bits per heavy atom. The highest BCUT2D eigenvalue weighted by Crippen LogP contribution is 2.70. The number of nitrogens with zero attached hydrogens (tertiary/aromatic N) is 3. The summed E-state index contributed by atoms with van der Waals surface area (Å²) in [6.45, 7) is 4.73. The van der Waals surface area contributed by atoms with E-state index in [-0.39, 0.29) is 10.8 Å². The third-order valence-corrected chi connectivity index (χ3v) is 16.0. The van der Waals surface area contributed by atoms with E-state index < -0.39 is 0 Å². The van der Waals surface area contributed by atoms with Crippen molar-refractivity contribution in [2.24, 2.45) is 23.7 Å². The Hall–Kier alpha value is -6.06. The van der Waals surface area contributed by atoms with E-state index in [1.165, 1.54) is 98.1 Å². The summed E-state index contributed by atoms with van der Waals surface area (Å²) in [5, 5.41) is 6.11. The Morgan fingerprint density at radius 2 is 1.14 bits per heavy atom. The van der Waals surface area contributed by atoms with E-state index in [9.17, 15) is 0 Å². The summed E-state index contributed by atoms with van der Waals surface area (Å²) in [5.74, 6) is 3.92. The van der Waals surface area contributed by atoms with Crippen molar-refractivity contribution < 1.29 is 0 Å². The number of hydrogen-bond donors (Lipinski definition) is 0. The fraction of sp³-hybridized carbons (Fsp3) is 0.236. The van der Waals surface area contributed by atoms with Gasteiger partial charge >= 0.3 is 0 Å². The van der Waals surface area contributed by atoms with Crippen molar-refractivity contribution in [3.63, 3.8) is 0 Å². The van der Waals surface area contributed by atoms with Gasteiger partial charge in [-0.25, -0.2) is 9.97 Å². The molecule has 0 aliphatic heterocycles. The van der Waals surface area contributed by atoms with E-state index in [1.807, 2.05) is 0 Å². The van der Waals surface area contributed by atoms with Crippen molar-refractivity contribution in [3.05, 3.63) is 162 Å². The van der Waals surface area contributed by atoms with Crippen LogP contribution in [0.25, 0.3) is 82.9 Å². The molecule has 2 aromatic heterocycles. The first kappa shape index (κ1) is 32.0. The summed E-state index contributed by atoms with van der Waals surface area (Å²) in [7, 11) is 0. The number of rotatable bonds is 2. The van der Waals surface area contributed by atoms with Crippen LogP contribution < -0.4 is 0 Å². The Balaban J connectivity index is 1.12. The molecule has 9 aromatic rings. The average molecular weight is 746 g/mol. The Kier molecular flexibility index (Phi) is 6.01. The normalized spacial score (nSPS) is 24.2. The van der Waals surface area contributed by atoms with Crippen molar-refractivity contribution in [2.75, 3.05) is 0 Å². The third kappa shape index (κ3) is 3.82. The van der Waals surface area contributed by atoms with E-state index in [2.05, 4.69) is 158 Å². The van der Waals surface area contributed by atoms with Gasteiger partial charge in [0, 0.05) is 38.1 Å². The lowest BCUT2D eigenvalue weighted by atomic mass is 9.43. The zero-order valence-electron chi connectivity index (χ0n) is 33.0. The van der Waals surface area contributed by atoms with Gasteiger partial charge in [-0.05, 0) is 124 Å². The van der Waals surface area contributed by atoms with Crippen molar-refractivity contribution in [1.82, 2.24) is 14.5 Å². The second kappa shape index (κ2) is 10.9. The molecular weight excluding hydrogens is 703 g/mol. The fourth-order valence-electron chi connectivity index (χ4n) is 14.0. The smallest absolute Gasteiger partial charge is 0.235 e. The van der Waals surface area contributed by atoms with Gasteiger partial charge in [0.05, 0.1) is 22.2 Å². The summed E-state index contributed by atoms with van der Waals surface area (Å²) >= 11 is 0. The van der Waals surface area contributed by atoms with Crippen LogP contribution >= 0.6 is 0 Å². The summed E-state index contributed by atoms with van der Waals surface area (Å²) in [6.07, 6.45) is 6.92. The molecule has 0 amide bonds. The molecule has 3 nitrogen and oxygen atoms in total. The molecule has 2 heterocycles. The van der Waals surface area contributed by atoms with Crippen LogP contribution in [0.5, 0.6) is 0 Å². The molecule has 7 aromatic carbocycles. The Morgan fingerprint density at radius 1 is 0.500 bits per heavy atom. The van der Waals surface area contributed by atoms with Gasteiger partial charge in [0.15, 0.2) is 0 Å². The lowest BCUT2D eigenvalue weighted by Crippen LogP contribution is -2.55. The molecule has 6 aliphatic rings. The molecule has 0 unspecified atom stereocenters. The van der Waals surface area contributed by atoms with Crippen molar-refractivity contribution in [2.45, 2.75) is 56.8 Å². The van der Waals surface area contributed by atoms with Gasteiger partial charge in [0.1, 0.15) is 0 Å². The highest BCUT2D eigenvalue weighted by molar-refractivity contribution is 6.18. The Labute approximate surface area is 338 Å². The van der Waals surface area contributed by atoms with Crippen LogP contribution in [0.4, 0.5) is 0 Å². The van der Waals surface area contributed by atoms with Gasteiger partial charge in [0.25, 0.3) is 0 Å². The zero-order chi connectivity index (χ0) is 38.1. The van der Waals surface area contributed by atoms with E-state index in [4.69, 9.17) is 9.97 Å². The maximum atomic E-state index is 5.80. The lowest BCUT2D eigenvalue weighted by molar-refractivity contribution is -0.0399. The molecule has 4 fully saturated rings. The van der Waals surface area contributed by atoms with Gasteiger partial charge in [-0.2, -0.15) is 0 Å². The third-order valence-electron chi connectivity index (χ3n) is 16.0. The van der Waals surface area contributed by atoms with Crippen LogP contribution in [0.15, 0.2) is 140 Å². The maximum Gasteiger partial charge on any atom is 0.235 e. The first-order valence-corrected chi connectivity index (χ1v) is 21.6. The van der Waals surface area contributed by atoms with Crippen LogP contribution in [0, 0.1) is 23.7 Å². The quantitative estimate of drug-likeness (QED) is 0.176. The molecule has 0 saturated heterocycles. The van der Waals surface area contributed by atoms with Crippen LogP contribution in [-0.2, 0) is 10.8 Å². The van der Waals surface area contributed by atoms with Crippen LogP contribution in [-0.4, -0.2) is 14.5 Å². The number of fused-ring (bicyclic) bond motifs is 12. The van der Waals surface area contributed by atoms with Crippen LogP contribution in [0.2, 0.25) is 0 Å². The summed E-state index contributed by atoms with van der Waals surface area (Å²) in [6, 6.07) is 52.7. The largest absolute Gasteiger partial charge is 0.277 e. The number of benzene rings is 7. The molecule has 1 spiro atoms. The van der Waals surface area contributed by atoms with Crippen molar-refractivity contribution >= 4 is 43.5 Å². The van der Waals surface area contributed by atoms with Crippen molar-refractivity contribution in [1.29, 1.82) is 0 Å². The first-order chi connectivity index (χ1) is 28.5. The van der Waals surface area contributed by atoms with E-state index in [0.717, 1.165) is 39.9 Å². The van der Waals surface area contributed by atoms with Crippen LogP contribution in [0.3, 0.4) is 0 Å². The summed E-state index contributed by atoms with van der Waals surface area (Å²) in [5.41, 5.74) is 16.8. The van der Waals surface area contributed by atoms with Crippen molar-refractivity contribution in [3.8, 4) is 39.5 Å². The molecule has 3 heteroatoms. The van der Waals surface area contributed by atoms with Crippen LogP contribution in [0.1, 0.15) is 68.2 Å². The minimum atomic E-state index is -0.108. The van der Waals surface area contributed by atoms with E-state index in [1.54, 1.807) is 11.1 Å². The standard InChI is InChI=1S/C55H43N3/c1-54(2)43-18-8-5-14-38(43)49-41(17-11-20-45(49)54)51-40-16-7-10-21-47(40)56-53(57-51)58-48-30-34-13-4-3-12-33(34)29-42(48)37-22-23-46-50(52(37)58)39-15-6-9-19-44(39)55(46)35-25-31-24-32(27-35)28-36(55)26-31/h3-23,29-32,35-36H,24-28H2,1-2H3. The predicted octanol–water partition coefficient (Wildman–Crippen LogP) is 13.6. The molecule has 278 valence electrons. The van der Waals surface area contributed by atoms with Gasteiger partial charge in [-0.1, -0.05) is 135 Å². The number of para-hydroxylation sites is 1. The van der Waals surface area contributed by atoms with Gasteiger partial charge < -0.3 is 0 Å². The van der Waals surface area contributed by atoms with E-state index in [0.29, 0.717) is 11.8 Å². The molecule has 58 heavy (non-hydrogen) atoms. The Bertz CT molecular complexity index is 3260. The molecule has 6 aliphatic carbocycles. The molecule has 4 bridgehead atoms. The van der Waals surface area contributed by atoms with Gasteiger partial charge in [0.2, 0.25) is 5.95 Å². The van der Waals surface area contributed by atoms with Gasteiger partial charge in [-0.15, -0.1) is 0 Å². The number of hydrogen-bond acceptors (Lipinski definition) is 2. The molecule has 0 radical (unpaired) electrons. The topological polar surface area (TPSA) is 30.7 Å². The molecule has 0 N–H and O–H groups in total. The minimum absolute atomic E-state index is 0.0692. The molecule has 15 rings (SSSR count). The molecular formula is C55H43N3. The first-order valence-electron chi connectivity index (χ1n) is 21.6. The highest BCUT2D eigenvalue weighted by atomic mass is 15.2. The zero-order valence-corrected chi connectivity index (χ0v) is 33.0. The second-order valence-corrected chi connectivity index (χ2v) is 18.9. The van der Waals surface area contributed by atoms with Gasteiger partial charge in [-0.3, -0.25) is 4.57 Å². The fourth-order valence-corrected chi connectivity index (χ4v) is 14.0. The average Bonchev–Trinajstić information content (AvgIpc) is 3.82. The highest BCUT2D eigenvalue weighted by Gasteiger charge is 2.62. The summed E-state index contributed by atoms with van der Waals surface area (Å²) in [4.78, 5) is 11.4. The lowest BCUT2D eigenvalue weighted by Gasteiger charge is -2.61. The summed E-state index contributed by atoms with van der Waals surface area (Å²) < 4.78 is 2.47. The molecule has 0 atom stereocenters. The SMILES string of the molecule is CC1(C)c2ccccc2-c2c(-c3nc(-n4c5cc6ccccc6cc5c5ccc6c(c54)-c4ccccc4C64C5CC6CC(C5)CC4C6)nc4ccccc34)cccc21. The second-order valence-electron chi connectivity index (χ2n) is 18.9. The van der Waals surface area contributed by atoms with E-state index >= 15 is 0 Å². The molecule has 4 saturated carbocycles. The number of aromatic nitrogens is 3.